The number of rotatable bonds is 7. The predicted molar refractivity (Wildman–Crippen MR) is 61.3 cm³/mol. The van der Waals surface area contributed by atoms with Crippen LogP contribution in [0.4, 0.5) is 0 Å². The van der Waals surface area contributed by atoms with Gasteiger partial charge in [-0.25, -0.2) is 0 Å². The van der Waals surface area contributed by atoms with Crippen molar-refractivity contribution in [2.75, 3.05) is 12.4 Å². The van der Waals surface area contributed by atoms with E-state index in [4.69, 9.17) is 10.5 Å². The Morgan fingerprint density at radius 3 is 2.38 bits per heavy atom. The van der Waals surface area contributed by atoms with Crippen molar-refractivity contribution in [2.24, 2.45) is 5.73 Å². The topological polar surface area (TPSA) is 35.2 Å². The van der Waals surface area contributed by atoms with E-state index in [-0.39, 0.29) is 6.04 Å². The number of nitrogens with two attached hydrogens (primary N) is 1. The minimum absolute atomic E-state index is 0.182. The predicted octanol–water partition coefficient (Wildman–Crippen LogP) is 2.27. The Labute approximate surface area is 86.6 Å². The van der Waals surface area contributed by atoms with Gasteiger partial charge in [0.05, 0.1) is 12.7 Å². The second-order valence-corrected chi connectivity index (χ2v) is 5.17. The van der Waals surface area contributed by atoms with Crippen LogP contribution in [0.15, 0.2) is 0 Å². The molecule has 0 saturated carbocycles. The number of thioether (sulfide) groups is 1. The number of hydrogen-bond acceptors (Lipinski definition) is 3. The minimum Gasteiger partial charge on any atom is -0.377 e. The minimum atomic E-state index is 0.182. The smallest absolute Gasteiger partial charge is 0.0629 e. The molecule has 0 amide bonds. The standard InChI is InChI=1S/C10H23NOS/c1-5-9(4)13-7-10(11)6-12-8(2)3/h8-10H,5-7,11H2,1-4H3. The molecular formula is C10H23NOS. The molecular weight excluding hydrogens is 182 g/mol. The van der Waals surface area contributed by atoms with Crippen molar-refractivity contribution in [3.8, 4) is 0 Å². The van der Waals surface area contributed by atoms with Crippen LogP contribution in [-0.2, 0) is 4.74 Å². The molecule has 2 N–H and O–H groups in total. The molecule has 2 atom stereocenters. The van der Waals surface area contributed by atoms with E-state index in [1.165, 1.54) is 6.42 Å². The van der Waals surface area contributed by atoms with Crippen LogP contribution < -0.4 is 5.73 Å². The zero-order valence-electron chi connectivity index (χ0n) is 9.25. The van der Waals surface area contributed by atoms with Gasteiger partial charge in [-0.2, -0.15) is 11.8 Å². The summed E-state index contributed by atoms with van der Waals surface area (Å²) in [6.07, 6.45) is 1.50. The highest BCUT2D eigenvalue weighted by Crippen LogP contribution is 2.14. The van der Waals surface area contributed by atoms with Crippen molar-refractivity contribution < 1.29 is 4.74 Å². The van der Waals surface area contributed by atoms with Gasteiger partial charge in [-0.05, 0) is 20.3 Å². The lowest BCUT2D eigenvalue weighted by Gasteiger charge is -2.15. The molecule has 2 unspecified atom stereocenters. The highest BCUT2D eigenvalue weighted by Gasteiger charge is 2.06. The van der Waals surface area contributed by atoms with Crippen LogP contribution in [0.5, 0.6) is 0 Å². The second kappa shape index (κ2) is 7.65. The van der Waals surface area contributed by atoms with Gasteiger partial charge in [0, 0.05) is 17.0 Å². The van der Waals surface area contributed by atoms with Gasteiger partial charge in [0.15, 0.2) is 0 Å². The highest BCUT2D eigenvalue weighted by atomic mass is 32.2. The Hall–Kier alpha value is 0.270. The fourth-order valence-corrected chi connectivity index (χ4v) is 1.68. The van der Waals surface area contributed by atoms with E-state index < -0.39 is 0 Å². The van der Waals surface area contributed by atoms with E-state index in [1.54, 1.807) is 0 Å². The van der Waals surface area contributed by atoms with Crippen LogP contribution >= 0.6 is 11.8 Å². The Bertz CT molecular complexity index is 119. The molecule has 3 heteroatoms. The van der Waals surface area contributed by atoms with Gasteiger partial charge in [0.1, 0.15) is 0 Å². The molecule has 80 valence electrons. The summed E-state index contributed by atoms with van der Waals surface area (Å²) in [6, 6.07) is 0.182. The van der Waals surface area contributed by atoms with E-state index >= 15 is 0 Å². The van der Waals surface area contributed by atoms with Crippen LogP contribution in [0, 0.1) is 0 Å². The van der Waals surface area contributed by atoms with E-state index in [0.717, 1.165) is 5.75 Å². The molecule has 0 saturated heterocycles. The van der Waals surface area contributed by atoms with Crippen molar-refractivity contribution >= 4 is 11.8 Å². The fraction of sp³-hybridized carbons (Fsp3) is 1.00. The maximum Gasteiger partial charge on any atom is 0.0629 e. The monoisotopic (exact) mass is 205 g/mol. The van der Waals surface area contributed by atoms with Gasteiger partial charge in [0.2, 0.25) is 0 Å². The molecule has 0 aromatic rings. The molecule has 0 heterocycles. The van der Waals surface area contributed by atoms with E-state index in [9.17, 15) is 0 Å². The summed E-state index contributed by atoms with van der Waals surface area (Å²) >= 11 is 1.93. The molecule has 0 aliphatic rings. The lowest BCUT2D eigenvalue weighted by molar-refractivity contribution is 0.0719. The first-order chi connectivity index (χ1) is 6.06. The molecule has 0 bridgehead atoms. The molecule has 13 heavy (non-hydrogen) atoms. The zero-order valence-corrected chi connectivity index (χ0v) is 10.1. The molecule has 0 aliphatic carbocycles. The lowest BCUT2D eigenvalue weighted by atomic mass is 10.4. The molecule has 0 aromatic carbocycles. The summed E-state index contributed by atoms with van der Waals surface area (Å²) < 4.78 is 5.43. The second-order valence-electron chi connectivity index (χ2n) is 3.69. The fourth-order valence-electron chi connectivity index (χ4n) is 0.770. The Kier molecular flexibility index (Phi) is 7.81. The summed E-state index contributed by atoms with van der Waals surface area (Å²) in [7, 11) is 0. The maximum absolute atomic E-state index is 5.88. The summed E-state index contributed by atoms with van der Waals surface area (Å²) in [5.74, 6) is 1.00. The van der Waals surface area contributed by atoms with Crippen molar-refractivity contribution in [3.05, 3.63) is 0 Å². The van der Waals surface area contributed by atoms with E-state index in [1.807, 2.05) is 25.6 Å². The third-order valence-electron chi connectivity index (χ3n) is 1.81. The molecule has 0 radical (unpaired) electrons. The molecule has 0 rings (SSSR count). The SMILES string of the molecule is CCC(C)SCC(N)COC(C)C. The Morgan fingerprint density at radius 2 is 1.92 bits per heavy atom. The van der Waals surface area contributed by atoms with Crippen LogP contribution in [-0.4, -0.2) is 29.8 Å². The first-order valence-corrected chi connectivity index (χ1v) is 6.09. The van der Waals surface area contributed by atoms with Gasteiger partial charge >= 0.3 is 0 Å². The lowest BCUT2D eigenvalue weighted by Crippen LogP contribution is -2.30. The van der Waals surface area contributed by atoms with Crippen LogP contribution in [0.3, 0.4) is 0 Å². The molecule has 0 aromatic heterocycles. The summed E-state index contributed by atoms with van der Waals surface area (Å²) in [5.41, 5.74) is 5.88. The first kappa shape index (κ1) is 13.3. The molecule has 2 nitrogen and oxygen atoms in total. The van der Waals surface area contributed by atoms with Crippen LogP contribution in [0.1, 0.15) is 34.1 Å². The quantitative estimate of drug-likeness (QED) is 0.692. The van der Waals surface area contributed by atoms with E-state index in [0.29, 0.717) is 18.0 Å². The van der Waals surface area contributed by atoms with Gasteiger partial charge in [0.25, 0.3) is 0 Å². The van der Waals surface area contributed by atoms with Gasteiger partial charge in [-0.1, -0.05) is 13.8 Å². The van der Waals surface area contributed by atoms with Gasteiger partial charge in [-0.3, -0.25) is 0 Å². The highest BCUT2D eigenvalue weighted by molar-refractivity contribution is 7.99. The summed E-state index contributed by atoms with van der Waals surface area (Å²) in [4.78, 5) is 0. The van der Waals surface area contributed by atoms with Crippen molar-refractivity contribution in [3.63, 3.8) is 0 Å². The molecule has 0 aliphatic heterocycles. The Morgan fingerprint density at radius 1 is 1.31 bits per heavy atom. The number of ether oxygens (including phenoxy) is 1. The van der Waals surface area contributed by atoms with Crippen molar-refractivity contribution in [1.29, 1.82) is 0 Å². The van der Waals surface area contributed by atoms with Crippen molar-refractivity contribution in [2.45, 2.75) is 51.5 Å². The Balaban J connectivity index is 3.34. The molecule has 0 spiro atoms. The maximum atomic E-state index is 5.88. The first-order valence-electron chi connectivity index (χ1n) is 5.05. The third kappa shape index (κ3) is 8.60. The third-order valence-corrected chi connectivity index (χ3v) is 3.34. The number of hydrogen-bond donors (Lipinski definition) is 1. The summed E-state index contributed by atoms with van der Waals surface area (Å²) in [6.45, 7) is 9.19. The normalized spacial score (nSPS) is 16.2. The van der Waals surface area contributed by atoms with E-state index in [2.05, 4.69) is 13.8 Å². The van der Waals surface area contributed by atoms with Crippen LogP contribution in [0.25, 0.3) is 0 Å². The van der Waals surface area contributed by atoms with Crippen LogP contribution in [0.2, 0.25) is 0 Å². The largest absolute Gasteiger partial charge is 0.377 e. The summed E-state index contributed by atoms with van der Waals surface area (Å²) in [5, 5.41) is 0.713. The zero-order chi connectivity index (χ0) is 10.3. The van der Waals surface area contributed by atoms with Gasteiger partial charge in [-0.15, -0.1) is 0 Å². The van der Waals surface area contributed by atoms with Crippen molar-refractivity contribution in [1.82, 2.24) is 0 Å². The molecule has 0 fully saturated rings. The van der Waals surface area contributed by atoms with Gasteiger partial charge < -0.3 is 10.5 Å². The average Bonchev–Trinajstić information content (AvgIpc) is 2.10. The average molecular weight is 205 g/mol.